The number of amides is 2. The van der Waals surface area contributed by atoms with E-state index >= 15 is 0 Å². The van der Waals surface area contributed by atoms with Crippen LogP contribution < -0.4 is 5.32 Å². The maximum Gasteiger partial charge on any atom is 0.321 e. The summed E-state index contributed by atoms with van der Waals surface area (Å²) in [6.07, 6.45) is 6.51. The highest BCUT2D eigenvalue weighted by Gasteiger charge is 2.32. The average molecular weight is 293 g/mol. The maximum atomic E-state index is 12.3. The number of nitrogens with zero attached hydrogens (tertiary/aromatic N) is 1. The zero-order chi connectivity index (χ0) is 13.9. The van der Waals surface area contributed by atoms with E-state index in [1.165, 1.54) is 32.1 Å². The molecular formula is C16H21ClN2O. The highest BCUT2D eigenvalue weighted by Crippen LogP contribution is 2.36. The van der Waals surface area contributed by atoms with E-state index < -0.39 is 0 Å². The minimum absolute atomic E-state index is 0.0244. The predicted octanol–water partition coefficient (Wildman–Crippen LogP) is 4.38. The Morgan fingerprint density at radius 2 is 1.80 bits per heavy atom. The number of carbonyl (C=O) groups is 1. The van der Waals surface area contributed by atoms with Crippen molar-refractivity contribution in [2.24, 2.45) is 11.8 Å². The first-order valence-corrected chi connectivity index (χ1v) is 7.91. The SMILES string of the molecule is O=C(Nc1ccc(Cl)cc1)N1CC[C@H]2CCCC[C@H]2C1. The molecule has 0 spiro atoms. The summed E-state index contributed by atoms with van der Waals surface area (Å²) in [6.45, 7) is 1.81. The van der Waals surface area contributed by atoms with Gasteiger partial charge in [0.15, 0.2) is 0 Å². The molecule has 4 heteroatoms. The second-order valence-corrected chi connectivity index (χ2v) is 6.41. The Hall–Kier alpha value is -1.22. The number of urea groups is 1. The number of halogens is 1. The summed E-state index contributed by atoms with van der Waals surface area (Å²) in [6, 6.07) is 7.30. The molecule has 0 bridgehead atoms. The number of likely N-dealkylation sites (tertiary alicyclic amines) is 1. The third-order valence-corrected chi connectivity index (χ3v) is 4.93. The number of rotatable bonds is 1. The predicted molar refractivity (Wildman–Crippen MR) is 82.1 cm³/mol. The molecule has 2 amide bonds. The van der Waals surface area contributed by atoms with E-state index in [9.17, 15) is 4.79 Å². The van der Waals surface area contributed by atoms with Crippen molar-refractivity contribution in [3.8, 4) is 0 Å². The molecule has 1 saturated carbocycles. The topological polar surface area (TPSA) is 32.3 Å². The number of piperidine rings is 1. The standard InChI is InChI=1S/C16H21ClN2O/c17-14-5-7-15(8-6-14)18-16(20)19-10-9-12-3-1-2-4-13(12)11-19/h5-8,12-13H,1-4,9-11H2,(H,18,20)/t12-,13+/m1/s1. The van der Waals surface area contributed by atoms with Gasteiger partial charge >= 0.3 is 6.03 Å². The van der Waals surface area contributed by atoms with Crippen molar-refractivity contribution < 1.29 is 4.79 Å². The lowest BCUT2D eigenvalue weighted by Gasteiger charge is -2.41. The van der Waals surface area contributed by atoms with Gasteiger partial charge in [-0.25, -0.2) is 4.79 Å². The van der Waals surface area contributed by atoms with Gasteiger partial charge < -0.3 is 10.2 Å². The first kappa shape index (κ1) is 13.7. The number of benzene rings is 1. The van der Waals surface area contributed by atoms with Crippen molar-refractivity contribution in [1.29, 1.82) is 0 Å². The van der Waals surface area contributed by atoms with Gasteiger partial charge in [0.2, 0.25) is 0 Å². The third-order valence-electron chi connectivity index (χ3n) is 4.67. The maximum absolute atomic E-state index is 12.3. The summed E-state index contributed by atoms with van der Waals surface area (Å²) in [7, 11) is 0. The minimum atomic E-state index is 0.0244. The van der Waals surface area contributed by atoms with Crippen molar-refractivity contribution in [3.05, 3.63) is 29.3 Å². The van der Waals surface area contributed by atoms with Crippen LogP contribution in [0.4, 0.5) is 10.5 Å². The Morgan fingerprint density at radius 1 is 1.10 bits per heavy atom. The van der Waals surface area contributed by atoms with Gasteiger partial charge in [-0.2, -0.15) is 0 Å². The van der Waals surface area contributed by atoms with Gasteiger partial charge in [-0.15, -0.1) is 0 Å². The van der Waals surface area contributed by atoms with Crippen LogP contribution in [0.3, 0.4) is 0 Å². The van der Waals surface area contributed by atoms with Crippen LogP contribution in [0.5, 0.6) is 0 Å². The van der Waals surface area contributed by atoms with Gasteiger partial charge in [0.1, 0.15) is 0 Å². The average Bonchev–Trinajstić information content (AvgIpc) is 2.49. The van der Waals surface area contributed by atoms with E-state index in [2.05, 4.69) is 5.32 Å². The summed E-state index contributed by atoms with van der Waals surface area (Å²) < 4.78 is 0. The number of hydrogen-bond acceptors (Lipinski definition) is 1. The summed E-state index contributed by atoms with van der Waals surface area (Å²) in [5.74, 6) is 1.57. The van der Waals surface area contributed by atoms with E-state index in [0.717, 1.165) is 24.7 Å². The second-order valence-electron chi connectivity index (χ2n) is 5.98. The van der Waals surface area contributed by atoms with Crippen molar-refractivity contribution in [1.82, 2.24) is 4.90 Å². The molecule has 1 aliphatic carbocycles. The van der Waals surface area contributed by atoms with Crippen LogP contribution in [0.25, 0.3) is 0 Å². The molecule has 0 aromatic heterocycles. The Morgan fingerprint density at radius 3 is 2.55 bits per heavy atom. The van der Waals surface area contributed by atoms with Crippen LogP contribution in [0, 0.1) is 11.8 Å². The molecule has 1 aliphatic heterocycles. The highest BCUT2D eigenvalue weighted by atomic mass is 35.5. The molecule has 1 aromatic carbocycles. The zero-order valence-corrected chi connectivity index (χ0v) is 12.4. The van der Waals surface area contributed by atoms with Crippen LogP contribution in [-0.4, -0.2) is 24.0 Å². The lowest BCUT2D eigenvalue weighted by Crippen LogP contribution is -2.46. The van der Waals surface area contributed by atoms with Gasteiger partial charge in [-0.3, -0.25) is 0 Å². The number of fused-ring (bicyclic) bond motifs is 1. The van der Waals surface area contributed by atoms with Gasteiger partial charge in [-0.1, -0.05) is 30.9 Å². The number of anilines is 1. The van der Waals surface area contributed by atoms with Gasteiger partial charge in [0, 0.05) is 23.8 Å². The van der Waals surface area contributed by atoms with Crippen LogP contribution in [0.2, 0.25) is 5.02 Å². The van der Waals surface area contributed by atoms with E-state index in [1.54, 1.807) is 12.1 Å². The van der Waals surface area contributed by atoms with Crippen molar-refractivity contribution in [2.45, 2.75) is 32.1 Å². The van der Waals surface area contributed by atoms with E-state index in [4.69, 9.17) is 11.6 Å². The molecule has 108 valence electrons. The fourth-order valence-electron chi connectivity index (χ4n) is 3.52. The lowest BCUT2D eigenvalue weighted by molar-refractivity contribution is 0.108. The smallest absolute Gasteiger partial charge is 0.321 e. The van der Waals surface area contributed by atoms with Gasteiger partial charge in [0.05, 0.1) is 0 Å². The molecule has 2 fully saturated rings. The van der Waals surface area contributed by atoms with Gasteiger partial charge in [0.25, 0.3) is 0 Å². The molecule has 1 heterocycles. The summed E-state index contributed by atoms with van der Waals surface area (Å²) in [4.78, 5) is 14.3. The Bertz CT molecular complexity index is 474. The Kier molecular flexibility index (Phi) is 4.16. The number of hydrogen-bond donors (Lipinski definition) is 1. The van der Waals surface area contributed by atoms with Crippen LogP contribution >= 0.6 is 11.6 Å². The van der Waals surface area contributed by atoms with E-state index in [1.807, 2.05) is 17.0 Å². The van der Waals surface area contributed by atoms with Crippen molar-refractivity contribution in [2.75, 3.05) is 18.4 Å². The molecular weight excluding hydrogens is 272 g/mol. The fraction of sp³-hybridized carbons (Fsp3) is 0.562. The molecule has 2 aliphatic rings. The molecule has 2 atom stereocenters. The van der Waals surface area contributed by atoms with Gasteiger partial charge in [-0.05, 0) is 48.9 Å². The monoisotopic (exact) mass is 292 g/mol. The van der Waals surface area contributed by atoms with Crippen LogP contribution in [0.1, 0.15) is 32.1 Å². The zero-order valence-electron chi connectivity index (χ0n) is 11.6. The number of nitrogens with one attached hydrogen (secondary N) is 1. The summed E-state index contributed by atoms with van der Waals surface area (Å²) in [5, 5.41) is 3.65. The largest absolute Gasteiger partial charge is 0.324 e. The summed E-state index contributed by atoms with van der Waals surface area (Å²) in [5.41, 5.74) is 0.810. The Balaban J connectivity index is 1.58. The van der Waals surface area contributed by atoms with Crippen LogP contribution in [-0.2, 0) is 0 Å². The first-order chi connectivity index (χ1) is 9.72. The van der Waals surface area contributed by atoms with E-state index in [0.29, 0.717) is 10.9 Å². The minimum Gasteiger partial charge on any atom is -0.324 e. The quantitative estimate of drug-likeness (QED) is 0.818. The molecule has 1 saturated heterocycles. The summed E-state index contributed by atoms with van der Waals surface area (Å²) >= 11 is 5.85. The first-order valence-electron chi connectivity index (χ1n) is 7.54. The fourth-order valence-corrected chi connectivity index (χ4v) is 3.65. The van der Waals surface area contributed by atoms with E-state index in [-0.39, 0.29) is 6.03 Å². The van der Waals surface area contributed by atoms with Crippen molar-refractivity contribution in [3.63, 3.8) is 0 Å². The third kappa shape index (κ3) is 3.09. The molecule has 3 rings (SSSR count). The highest BCUT2D eigenvalue weighted by molar-refractivity contribution is 6.30. The second kappa shape index (κ2) is 6.04. The molecule has 1 N–H and O–H groups in total. The molecule has 0 radical (unpaired) electrons. The molecule has 1 aromatic rings. The molecule has 20 heavy (non-hydrogen) atoms. The lowest BCUT2D eigenvalue weighted by atomic mass is 9.75. The normalized spacial score (nSPS) is 25.9. The Labute approximate surface area is 125 Å². The molecule has 3 nitrogen and oxygen atoms in total. The van der Waals surface area contributed by atoms with Crippen molar-refractivity contribution >= 4 is 23.3 Å². The number of carbonyl (C=O) groups excluding carboxylic acids is 1. The van der Waals surface area contributed by atoms with Crippen LogP contribution in [0.15, 0.2) is 24.3 Å². The molecule has 0 unspecified atom stereocenters.